The van der Waals surface area contributed by atoms with Crippen LogP contribution in [0.3, 0.4) is 0 Å². The van der Waals surface area contributed by atoms with Gasteiger partial charge in [-0.15, -0.1) is 0 Å². The number of amides is 1. The smallest absolute Gasteiger partial charge is 0.244 e. The lowest BCUT2D eigenvalue weighted by Gasteiger charge is -2.08. The molecule has 0 aliphatic heterocycles. The molecule has 138 valence electrons. The van der Waals surface area contributed by atoms with E-state index >= 15 is 0 Å². The Kier molecular flexibility index (Phi) is 6.08. The average molecular weight is 427 g/mol. The van der Waals surface area contributed by atoms with Crippen molar-refractivity contribution in [1.82, 2.24) is 5.43 Å². The summed E-state index contributed by atoms with van der Waals surface area (Å²) in [6, 6.07) is 17.3. The van der Waals surface area contributed by atoms with Crippen molar-refractivity contribution in [3.8, 4) is 11.5 Å². The molecule has 0 saturated heterocycles. The van der Waals surface area contributed by atoms with Crippen molar-refractivity contribution in [3.63, 3.8) is 0 Å². The fourth-order valence-corrected chi connectivity index (χ4v) is 3.28. The van der Waals surface area contributed by atoms with E-state index in [0.717, 1.165) is 26.4 Å². The minimum atomic E-state index is -0.181. The Morgan fingerprint density at radius 2 is 1.78 bits per heavy atom. The van der Waals surface area contributed by atoms with E-state index in [2.05, 4.69) is 26.5 Å². The number of nitrogens with one attached hydrogen (secondary N) is 1. The van der Waals surface area contributed by atoms with Crippen LogP contribution in [-0.2, 0) is 11.2 Å². The summed E-state index contributed by atoms with van der Waals surface area (Å²) in [5.41, 5.74) is 4.32. The largest absolute Gasteiger partial charge is 0.493 e. The van der Waals surface area contributed by atoms with E-state index in [0.29, 0.717) is 11.5 Å². The lowest BCUT2D eigenvalue weighted by Crippen LogP contribution is -2.19. The zero-order valence-electron chi connectivity index (χ0n) is 15.0. The SMILES string of the molecule is COc1ccc(/C=N/NC(=O)Cc2ccc(Br)c3ccccc23)cc1OC. The van der Waals surface area contributed by atoms with E-state index in [4.69, 9.17) is 9.47 Å². The fraction of sp³-hybridized carbons (Fsp3) is 0.143. The Hall–Kier alpha value is -2.86. The summed E-state index contributed by atoms with van der Waals surface area (Å²) in [4.78, 5) is 12.3. The highest BCUT2D eigenvalue weighted by atomic mass is 79.9. The van der Waals surface area contributed by atoms with Crippen molar-refractivity contribution in [2.45, 2.75) is 6.42 Å². The lowest BCUT2D eigenvalue weighted by molar-refractivity contribution is -0.120. The van der Waals surface area contributed by atoms with Gasteiger partial charge in [-0.2, -0.15) is 5.10 Å². The number of fused-ring (bicyclic) bond motifs is 1. The molecule has 0 saturated carbocycles. The second kappa shape index (κ2) is 8.68. The summed E-state index contributed by atoms with van der Waals surface area (Å²) in [5.74, 6) is 1.06. The Labute approximate surface area is 166 Å². The van der Waals surface area contributed by atoms with Crippen LogP contribution in [0.25, 0.3) is 10.8 Å². The molecule has 27 heavy (non-hydrogen) atoms. The molecule has 3 aromatic rings. The number of halogens is 1. The Morgan fingerprint density at radius 1 is 1.04 bits per heavy atom. The highest BCUT2D eigenvalue weighted by Gasteiger charge is 2.08. The third kappa shape index (κ3) is 4.46. The Balaban J connectivity index is 1.69. The van der Waals surface area contributed by atoms with Crippen LogP contribution in [-0.4, -0.2) is 26.3 Å². The molecule has 0 radical (unpaired) electrons. The van der Waals surface area contributed by atoms with Gasteiger partial charge in [-0.25, -0.2) is 5.43 Å². The molecular weight excluding hydrogens is 408 g/mol. The molecule has 0 aliphatic carbocycles. The number of hydrogen-bond donors (Lipinski definition) is 1. The molecule has 0 aliphatic rings. The lowest BCUT2D eigenvalue weighted by atomic mass is 10.0. The van der Waals surface area contributed by atoms with Crippen LogP contribution in [0.2, 0.25) is 0 Å². The van der Waals surface area contributed by atoms with Crippen LogP contribution in [0.4, 0.5) is 0 Å². The summed E-state index contributed by atoms with van der Waals surface area (Å²) in [6.45, 7) is 0. The van der Waals surface area contributed by atoms with E-state index in [1.165, 1.54) is 0 Å². The Morgan fingerprint density at radius 3 is 2.52 bits per heavy atom. The topological polar surface area (TPSA) is 59.9 Å². The van der Waals surface area contributed by atoms with Crippen LogP contribution in [0.15, 0.2) is 64.2 Å². The first-order valence-corrected chi connectivity index (χ1v) is 9.11. The van der Waals surface area contributed by atoms with E-state index in [-0.39, 0.29) is 12.3 Å². The summed E-state index contributed by atoms with van der Waals surface area (Å²) < 4.78 is 11.5. The monoisotopic (exact) mass is 426 g/mol. The molecule has 0 fully saturated rings. The predicted octanol–water partition coefficient (Wildman–Crippen LogP) is 4.31. The number of methoxy groups -OCH3 is 2. The molecule has 1 amide bonds. The van der Waals surface area contributed by atoms with Gasteiger partial charge in [-0.05, 0) is 46.2 Å². The van der Waals surface area contributed by atoms with Crippen LogP contribution in [0.5, 0.6) is 11.5 Å². The number of rotatable bonds is 6. The van der Waals surface area contributed by atoms with Gasteiger partial charge in [0.2, 0.25) is 5.91 Å². The number of hydrazone groups is 1. The van der Waals surface area contributed by atoms with Crippen molar-refractivity contribution in [1.29, 1.82) is 0 Å². The first kappa shape index (κ1) is 18.9. The van der Waals surface area contributed by atoms with Crippen molar-refractivity contribution < 1.29 is 14.3 Å². The number of nitrogens with zero attached hydrogens (tertiary/aromatic N) is 1. The second-order valence-corrected chi connectivity index (χ2v) is 6.69. The van der Waals surface area contributed by atoms with Crippen LogP contribution in [0.1, 0.15) is 11.1 Å². The standard InChI is InChI=1S/C21H19BrN2O3/c1-26-19-10-7-14(11-20(19)27-2)13-23-24-21(25)12-15-8-9-18(22)17-6-4-3-5-16(15)17/h3-11,13H,12H2,1-2H3,(H,24,25)/b23-13+. The minimum Gasteiger partial charge on any atom is -0.493 e. The molecule has 0 heterocycles. The van der Waals surface area contributed by atoms with Gasteiger partial charge in [-0.1, -0.05) is 46.3 Å². The van der Waals surface area contributed by atoms with Gasteiger partial charge < -0.3 is 9.47 Å². The van der Waals surface area contributed by atoms with E-state index < -0.39 is 0 Å². The number of carbonyl (C=O) groups excluding carboxylic acids is 1. The summed E-state index contributed by atoms with van der Waals surface area (Å²) in [7, 11) is 3.15. The molecule has 3 rings (SSSR count). The molecule has 6 heteroatoms. The molecule has 1 N–H and O–H groups in total. The van der Waals surface area contributed by atoms with Crippen molar-refractivity contribution in [2.24, 2.45) is 5.10 Å². The summed E-state index contributed by atoms with van der Waals surface area (Å²) >= 11 is 3.54. The quantitative estimate of drug-likeness (QED) is 0.471. The third-order valence-corrected chi connectivity index (χ3v) is 4.81. The van der Waals surface area contributed by atoms with Gasteiger partial charge in [0.25, 0.3) is 0 Å². The van der Waals surface area contributed by atoms with Crippen LogP contribution < -0.4 is 14.9 Å². The molecule has 0 atom stereocenters. The van der Waals surface area contributed by atoms with Gasteiger partial charge in [0.1, 0.15) is 0 Å². The van der Waals surface area contributed by atoms with Crippen LogP contribution >= 0.6 is 15.9 Å². The van der Waals surface area contributed by atoms with Crippen molar-refractivity contribution >= 4 is 38.8 Å². The first-order chi connectivity index (χ1) is 13.1. The second-order valence-electron chi connectivity index (χ2n) is 5.84. The predicted molar refractivity (Wildman–Crippen MR) is 111 cm³/mol. The van der Waals surface area contributed by atoms with Crippen molar-refractivity contribution in [3.05, 3.63) is 70.2 Å². The van der Waals surface area contributed by atoms with E-state index in [1.54, 1.807) is 32.6 Å². The summed E-state index contributed by atoms with van der Waals surface area (Å²) in [5, 5.41) is 6.16. The normalized spacial score (nSPS) is 10.9. The van der Waals surface area contributed by atoms with Gasteiger partial charge in [0.05, 0.1) is 26.9 Å². The van der Waals surface area contributed by atoms with E-state index in [1.807, 2.05) is 42.5 Å². The molecule has 0 aromatic heterocycles. The van der Waals surface area contributed by atoms with Gasteiger partial charge in [-0.3, -0.25) is 4.79 Å². The summed E-state index contributed by atoms with van der Waals surface area (Å²) in [6.07, 6.45) is 1.82. The van der Waals surface area contributed by atoms with Gasteiger partial charge >= 0.3 is 0 Å². The van der Waals surface area contributed by atoms with Gasteiger partial charge in [0, 0.05) is 4.47 Å². The maximum absolute atomic E-state index is 12.3. The van der Waals surface area contributed by atoms with Crippen molar-refractivity contribution in [2.75, 3.05) is 14.2 Å². The molecule has 0 unspecified atom stereocenters. The van der Waals surface area contributed by atoms with Gasteiger partial charge in [0.15, 0.2) is 11.5 Å². The molecule has 5 nitrogen and oxygen atoms in total. The first-order valence-electron chi connectivity index (χ1n) is 8.32. The zero-order valence-corrected chi connectivity index (χ0v) is 16.6. The number of benzene rings is 3. The molecule has 0 bridgehead atoms. The zero-order chi connectivity index (χ0) is 19.2. The highest BCUT2D eigenvalue weighted by Crippen LogP contribution is 2.28. The maximum Gasteiger partial charge on any atom is 0.244 e. The average Bonchev–Trinajstić information content (AvgIpc) is 2.70. The van der Waals surface area contributed by atoms with Crippen LogP contribution in [0, 0.1) is 0 Å². The molecule has 3 aromatic carbocycles. The number of hydrogen-bond acceptors (Lipinski definition) is 4. The third-order valence-electron chi connectivity index (χ3n) is 4.12. The van der Waals surface area contributed by atoms with E-state index in [9.17, 15) is 4.79 Å². The maximum atomic E-state index is 12.3. The fourth-order valence-electron chi connectivity index (χ4n) is 2.80. The Bertz CT molecular complexity index is 1000. The molecule has 0 spiro atoms. The number of ether oxygens (including phenoxy) is 2. The minimum absolute atomic E-state index is 0.181. The highest BCUT2D eigenvalue weighted by molar-refractivity contribution is 9.10. The number of carbonyl (C=O) groups is 1. The molecular formula is C21H19BrN2O3.